The fourth-order valence-electron chi connectivity index (χ4n) is 6.13. The zero-order valence-corrected chi connectivity index (χ0v) is 29.0. The Labute approximate surface area is 298 Å². The lowest BCUT2D eigenvalue weighted by molar-refractivity contribution is -0.137. The first kappa shape index (κ1) is 36.0. The molecule has 0 saturated carbocycles. The Kier molecular flexibility index (Phi) is 9.94. The monoisotopic (exact) mass is 746 g/mol. The van der Waals surface area contributed by atoms with Gasteiger partial charge in [0.25, 0.3) is 11.5 Å². The number of ether oxygens (including phenoxy) is 1. The number of carbonyl (C=O) groups is 2. The van der Waals surface area contributed by atoms with Crippen LogP contribution in [0.2, 0.25) is 10.3 Å². The number of aromatic nitrogens is 6. The summed E-state index contributed by atoms with van der Waals surface area (Å²) in [5.74, 6) is -1.22. The lowest BCUT2D eigenvalue weighted by atomic mass is 10.1. The molecule has 0 unspecified atom stereocenters. The van der Waals surface area contributed by atoms with Gasteiger partial charge < -0.3 is 24.6 Å². The molecule has 2 N–H and O–H groups in total. The molecule has 4 aromatic rings. The van der Waals surface area contributed by atoms with Crippen molar-refractivity contribution in [2.45, 2.75) is 58.8 Å². The van der Waals surface area contributed by atoms with E-state index < -0.39 is 35.7 Å². The maximum absolute atomic E-state index is 14.1. The molecule has 268 valence electrons. The van der Waals surface area contributed by atoms with E-state index in [2.05, 4.69) is 25.4 Å². The summed E-state index contributed by atoms with van der Waals surface area (Å²) >= 11 is 12.1. The maximum Gasteiger partial charge on any atom is 0.416 e. The van der Waals surface area contributed by atoms with Crippen LogP contribution in [0, 0.1) is 6.92 Å². The van der Waals surface area contributed by atoms with Gasteiger partial charge in [-0.3, -0.25) is 14.4 Å². The predicted octanol–water partition coefficient (Wildman–Crippen LogP) is 5.34. The Hall–Kier alpha value is -4.80. The lowest BCUT2D eigenvalue weighted by Gasteiger charge is -2.21. The molecular formula is C33H31Cl2F3N8O5. The summed E-state index contributed by atoms with van der Waals surface area (Å²) in [7, 11) is 0. The first-order valence-corrected chi connectivity index (χ1v) is 16.6. The molecule has 1 saturated heterocycles. The van der Waals surface area contributed by atoms with E-state index in [1.807, 2.05) is 13.0 Å². The molecule has 13 nitrogen and oxygen atoms in total. The number of anilines is 1. The van der Waals surface area contributed by atoms with E-state index >= 15 is 0 Å². The topological polar surface area (TPSA) is 157 Å². The number of carbonyl (C=O) groups excluding carboxylic acids is 2. The summed E-state index contributed by atoms with van der Waals surface area (Å²) in [6, 6.07) is 2.26. The molecule has 1 aromatic carbocycles. The number of halogens is 5. The number of rotatable bonds is 7. The fourth-order valence-corrected chi connectivity index (χ4v) is 6.57. The SMILES string of the molecule is CCc1c(/C=C2\C[C@@H](C)N(C(=O)c3nc(Cl)nc(C)c3O)C2)c(=O)n2nc(C3=CCOCC3)nc2n1CC(=O)Nc1ccc(C(F)(F)F)cc1Cl. The molecule has 0 aliphatic carbocycles. The molecule has 51 heavy (non-hydrogen) atoms. The highest BCUT2D eigenvalue weighted by atomic mass is 35.5. The van der Waals surface area contributed by atoms with Crippen molar-refractivity contribution < 1.29 is 32.6 Å². The van der Waals surface area contributed by atoms with E-state index in [0.29, 0.717) is 37.3 Å². The van der Waals surface area contributed by atoms with Crippen LogP contribution < -0.4 is 10.9 Å². The van der Waals surface area contributed by atoms with Gasteiger partial charge in [0.2, 0.25) is 17.0 Å². The largest absolute Gasteiger partial charge is 0.504 e. The summed E-state index contributed by atoms with van der Waals surface area (Å²) in [4.78, 5) is 55.0. The number of aromatic hydroxyl groups is 1. The van der Waals surface area contributed by atoms with E-state index in [1.54, 1.807) is 13.0 Å². The number of benzene rings is 1. The van der Waals surface area contributed by atoms with Gasteiger partial charge in [0.1, 0.15) is 6.54 Å². The molecule has 1 atom stereocenters. The summed E-state index contributed by atoms with van der Waals surface area (Å²) in [5.41, 5.74) is 0.520. The van der Waals surface area contributed by atoms with Crippen molar-refractivity contribution in [3.8, 4) is 5.75 Å². The second kappa shape index (κ2) is 14.1. The van der Waals surface area contributed by atoms with Crippen LogP contribution in [0.1, 0.15) is 65.5 Å². The van der Waals surface area contributed by atoms with Gasteiger partial charge in [0, 0.05) is 18.3 Å². The normalized spacial score (nSPS) is 17.3. The van der Waals surface area contributed by atoms with Gasteiger partial charge in [-0.15, -0.1) is 5.10 Å². The van der Waals surface area contributed by atoms with Gasteiger partial charge >= 0.3 is 6.18 Å². The molecule has 1 fully saturated rings. The zero-order valence-electron chi connectivity index (χ0n) is 27.5. The lowest BCUT2D eigenvalue weighted by Crippen LogP contribution is -2.34. The average Bonchev–Trinajstić information content (AvgIpc) is 3.69. The minimum atomic E-state index is -4.62. The molecule has 0 bridgehead atoms. The van der Waals surface area contributed by atoms with Crippen molar-refractivity contribution in [2.24, 2.45) is 0 Å². The van der Waals surface area contributed by atoms with Crippen LogP contribution in [0.4, 0.5) is 18.9 Å². The third-order valence-corrected chi connectivity index (χ3v) is 9.14. The van der Waals surface area contributed by atoms with Crippen LogP contribution in [0.25, 0.3) is 17.4 Å². The number of likely N-dealkylation sites (tertiary alicyclic amines) is 1. The van der Waals surface area contributed by atoms with Crippen molar-refractivity contribution in [2.75, 3.05) is 25.1 Å². The van der Waals surface area contributed by atoms with Crippen LogP contribution in [0.3, 0.4) is 0 Å². The second-order valence-electron chi connectivity index (χ2n) is 12.1. The maximum atomic E-state index is 14.1. The van der Waals surface area contributed by atoms with Gasteiger partial charge in [-0.1, -0.05) is 24.6 Å². The predicted molar refractivity (Wildman–Crippen MR) is 182 cm³/mol. The Bertz CT molecular complexity index is 2200. The first-order valence-electron chi connectivity index (χ1n) is 15.9. The number of hydrogen-bond acceptors (Lipinski definition) is 9. The minimum absolute atomic E-state index is 0.0300. The Balaban J connectivity index is 1.40. The molecule has 2 aliphatic heterocycles. The summed E-state index contributed by atoms with van der Waals surface area (Å²) in [5, 5.41) is 17.1. The Morgan fingerprint density at radius 1 is 1.20 bits per heavy atom. The molecule has 2 aliphatic rings. The van der Waals surface area contributed by atoms with Crippen molar-refractivity contribution in [1.29, 1.82) is 0 Å². The minimum Gasteiger partial charge on any atom is -0.504 e. The highest BCUT2D eigenvalue weighted by Crippen LogP contribution is 2.34. The van der Waals surface area contributed by atoms with Crippen LogP contribution in [-0.2, 0) is 28.7 Å². The highest BCUT2D eigenvalue weighted by Gasteiger charge is 2.34. The number of alkyl halides is 3. The number of aryl methyl sites for hydroxylation is 1. The van der Waals surface area contributed by atoms with E-state index in [-0.39, 0.29) is 69.3 Å². The van der Waals surface area contributed by atoms with Crippen LogP contribution in [0.15, 0.2) is 34.6 Å². The van der Waals surface area contributed by atoms with Crippen molar-refractivity contribution in [1.82, 2.24) is 34.0 Å². The summed E-state index contributed by atoms with van der Waals surface area (Å²) < 4.78 is 47.6. The first-order chi connectivity index (χ1) is 24.2. The molecular weight excluding hydrogens is 716 g/mol. The summed E-state index contributed by atoms with van der Waals surface area (Å²) in [6.45, 7) is 5.59. The smallest absolute Gasteiger partial charge is 0.416 e. The van der Waals surface area contributed by atoms with E-state index in [4.69, 9.17) is 27.9 Å². The number of fused-ring (bicyclic) bond motifs is 1. The molecule has 0 radical (unpaired) electrons. The van der Waals surface area contributed by atoms with Crippen LogP contribution >= 0.6 is 23.2 Å². The molecule has 0 spiro atoms. The highest BCUT2D eigenvalue weighted by molar-refractivity contribution is 6.33. The van der Waals surface area contributed by atoms with Gasteiger partial charge in [-0.25, -0.2) is 9.97 Å². The Morgan fingerprint density at radius 3 is 2.63 bits per heavy atom. The van der Waals surface area contributed by atoms with E-state index in [0.717, 1.165) is 28.3 Å². The van der Waals surface area contributed by atoms with Gasteiger partial charge in [0.05, 0.1) is 40.7 Å². The zero-order chi connectivity index (χ0) is 36.8. The quantitative estimate of drug-likeness (QED) is 0.238. The summed E-state index contributed by atoms with van der Waals surface area (Å²) in [6.07, 6.45) is 0.00996. The number of nitrogens with zero attached hydrogens (tertiary/aromatic N) is 7. The van der Waals surface area contributed by atoms with Crippen LogP contribution in [0.5, 0.6) is 5.75 Å². The van der Waals surface area contributed by atoms with Crippen molar-refractivity contribution in [3.63, 3.8) is 0 Å². The number of nitrogens with one attached hydrogen (secondary N) is 1. The van der Waals surface area contributed by atoms with Crippen molar-refractivity contribution >= 4 is 58.1 Å². The van der Waals surface area contributed by atoms with Gasteiger partial charge in [0.15, 0.2) is 17.3 Å². The molecule has 6 rings (SSSR count). The van der Waals surface area contributed by atoms with E-state index in [9.17, 15) is 32.7 Å². The standard InChI is InChI=1S/C33H31Cl2F3N8O5/c1-4-24-21(12-18-11-16(2)44(14-18)30(50)26-27(48)17(3)39-31(35)41-26)29(49)46-32(42-28(43-46)19-7-9-51-10-8-19)45(24)15-25(47)40-23-6-5-20(13-22(23)34)33(36,37)38/h5-7,12-13,16,48H,4,8-11,14-15H2,1-3H3,(H,40,47)/b18-12+/t16-/m1/s1. The van der Waals surface area contributed by atoms with Crippen molar-refractivity contribution in [3.05, 3.63) is 84.5 Å². The van der Waals surface area contributed by atoms with Crippen LogP contribution in [-0.4, -0.2) is 76.8 Å². The molecule has 5 heterocycles. The molecule has 2 amide bonds. The number of amides is 2. The Morgan fingerprint density at radius 2 is 1.96 bits per heavy atom. The van der Waals surface area contributed by atoms with E-state index in [1.165, 1.54) is 16.4 Å². The third-order valence-electron chi connectivity index (χ3n) is 8.65. The molecule has 3 aromatic heterocycles. The average molecular weight is 748 g/mol. The fraction of sp³-hybridized carbons (Fsp3) is 0.364. The third kappa shape index (κ3) is 7.21. The number of hydrogen-bond donors (Lipinski definition) is 2. The second-order valence-corrected chi connectivity index (χ2v) is 12.9. The van der Waals surface area contributed by atoms with Gasteiger partial charge in [-0.2, -0.15) is 22.7 Å². The molecule has 18 heteroatoms. The van der Waals surface area contributed by atoms with Gasteiger partial charge in [-0.05, 0) is 80.1 Å².